The highest BCUT2D eigenvalue weighted by Crippen LogP contribution is 2.27. The molecule has 1 rings (SSSR count). The van der Waals surface area contributed by atoms with Crippen LogP contribution in [-0.2, 0) is 23.8 Å². The fourth-order valence-electron chi connectivity index (χ4n) is 2.24. The lowest BCUT2D eigenvalue weighted by atomic mass is 9.94. The van der Waals surface area contributed by atoms with E-state index in [0.29, 0.717) is 0 Å². The Morgan fingerprint density at radius 1 is 1.35 bits per heavy atom. The number of nitrogens with one attached hydrogen (secondary N) is 2. The number of hydrogen-bond donors (Lipinski definition) is 2. The molecule has 3 atom stereocenters. The lowest BCUT2D eigenvalue weighted by Crippen LogP contribution is -2.72. The fourth-order valence-corrected chi connectivity index (χ4v) is 2.24. The van der Waals surface area contributed by atoms with Crippen LogP contribution in [0.25, 0.3) is 0 Å². The monoisotopic (exact) mass is 330 g/mol. The zero-order valence-corrected chi connectivity index (χ0v) is 14.7. The summed E-state index contributed by atoms with van der Waals surface area (Å²) >= 11 is 0. The molecule has 0 aliphatic carbocycles. The zero-order chi connectivity index (χ0) is 18.0. The topological polar surface area (TPSA) is 103 Å². The van der Waals surface area contributed by atoms with Gasteiger partial charge in [0.1, 0.15) is 5.60 Å². The highest BCUT2D eigenvalue weighted by Gasteiger charge is 2.53. The van der Waals surface area contributed by atoms with Gasteiger partial charge in [0.05, 0.1) is 13.2 Å². The van der Waals surface area contributed by atoms with E-state index in [1.807, 2.05) is 0 Å². The third kappa shape index (κ3) is 4.34. The molecule has 0 aromatic heterocycles. The van der Waals surface area contributed by atoms with Crippen molar-refractivity contribution in [3.05, 3.63) is 0 Å². The van der Waals surface area contributed by atoms with E-state index in [9.17, 15) is 14.4 Å². The number of hydrogen-bond acceptors (Lipinski definition) is 6. The number of carbonyl (C=O) groups excluding carboxylic acids is 3. The molecule has 1 saturated heterocycles. The van der Waals surface area contributed by atoms with Crippen LogP contribution in [0.3, 0.4) is 0 Å². The quantitative estimate of drug-likeness (QED) is 0.747. The Morgan fingerprint density at radius 3 is 2.35 bits per heavy atom. The maximum Gasteiger partial charge on any atom is 0.410 e. The lowest BCUT2D eigenvalue weighted by Gasteiger charge is -2.44. The summed E-state index contributed by atoms with van der Waals surface area (Å²) in [6, 6.07) is -0.931. The first-order valence-electron chi connectivity index (χ1n) is 7.50. The molecule has 0 bridgehead atoms. The van der Waals surface area contributed by atoms with E-state index < -0.39 is 47.4 Å². The summed E-state index contributed by atoms with van der Waals surface area (Å²) in [7, 11) is 1.23. The highest BCUT2D eigenvalue weighted by atomic mass is 16.6. The molecule has 0 aromatic carbocycles. The number of morpholine rings is 1. The fraction of sp³-hybridized carbons (Fsp3) is 0.800. The number of methoxy groups -OCH3 is 1. The summed E-state index contributed by atoms with van der Waals surface area (Å²) < 4.78 is 15.6. The van der Waals surface area contributed by atoms with E-state index in [1.54, 1.807) is 41.5 Å². The van der Waals surface area contributed by atoms with Crippen LogP contribution in [0.4, 0.5) is 4.79 Å². The molecule has 2 amide bonds. The number of alkyl carbamates (subject to hydrolysis) is 1. The second-order valence-electron chi connectivity index (χ2n) is 6.81. The van der Waals surface area contributed by atoms with Gasteiger partial charge in [0, 0.05) is 5.92 Å². The maximum absolute atomic E-state index is 12.5. The first kappa shape index (κ1) is 19.2. The van der Waals surface area contributed by atoms with Gasteiger partial charge >= 0.3 is 12.1 Å². The Balaban J connectivity index is 3.00. The minimum atomic E-state index is -1.62. The number of carbonyl (C=O) groups is 3. The Kier molecular flexibility index (Phi) is 5.63. The molecule has 0 radical (unpaired) electrons. The van der Waals surface area contributed by atoms with Crippen molar-refractivity contribution in [2.24, 2.45) is 5.92 Å². The van der Waals surface area contributed by atoms with Crippen LogP contribution in [0.15, 0.2) is 0 Å². The van der Waals surface area contributed by atoms with Crippen molar-refractivity contribution in [2.75, 3.05) is 7.11 Å². The molecule has 0 aromatic rings. The van der Waals surface area contributed by atoms with Crippen LogP contribution in [0.5, 0.6) is 0 Å². The molecular weight excluding hydrogens is 304 g/mol. The van der Waals surface area contributed by atoms with Crippen LogP contribution in [0, 0.1) is 5.92 Å². The molecular formula is C15H26N2O6. The smallest absolute Gasteiger partial charge is 0.410 e. The summed E-state index contributed by atoms with van der Waals surface area (Å²) in [5, 5.41) is 5.05. The molecule has 0 spiro atoms. The molecule has 1 fully saturated rings. The van der Waals surface area contributed by atoms with Gasteiger partial charge < -0.3 is 19.5 Å². The van der Waals surface area contributed by atoms with Crippen molar-refractivity contribution in [1.29, 1.82) is 0 Å². The lowest BCUT2D eigenvalue weighted by molar-refractivity contribution is -0.194. The van der Waals surface area contributed by atoms with Gasteiger partial charge in [-0.25, -0.2) is 9.59 Å². The van der Waals surface area contributed by atoms with Crippen LogP contribution >= 0.6 is 0 Å². The summed E-state index contributed by atoms with van der Waals surface area (Å²) in [5.74, 6) is -1.62. The van der Waals surface area contributed by atoms with Gasteiger partial charge in [0.2, 0.25) is 5.72 Å². The van der Waals surface area contributed by atoms with Crippen molar-refractivity contribution >= 4 is 18.0 Å². The SMILES string of the molecule is COC(=O)[C@H]1NC(=O)[C@@](NC(=O)OC(C)(C)C)(C(C)C)O[C@@H]1C. The molecule has 0 saturated carbocycles. The Bertz CT molecular complexity index is 485. The highest BCUT2D eigenvalue weighted by molar-refractivity contribution is 5.93. The van der Waals surface area contributed by atoms with Crippen molar-refractivity contribution in [3.63, 3.8) is 0 Å². The second-order valence-corrected chi connectivity index (χ2v) is 6.81. The van der Waals surface area contributed by atoms with Crippen molar-refractivity contribution in [2.45, 2.75) is 65.0 Å². The van der Waals surface area contributed by atoms with Crippen LogP contribution in [0.2, 0.25) is 0 Å². The van der Waals surface area contributed by atoms with Crippen molar-refractivity contribution in [3.8, 4) is 0 Å². The molecule has 8 heteroatoms. The molecule has 0 unspecified atom stereocenters. The molecule has 1 heterocycles. The van der Waals surface area contributed by atoms with Crippen molar-refractivity contribution in [1.82, 2.24) is 10.6 Å². The molecule has 1 aliphatic heterocycles. The predicted octanol–water partition coefficient (Wildman–Crippen LogP) is 0.940. The van der Waals surface area contributed by atoms with E-state index >= 15 is 0 Å². The summed E-state index contributed by atoms with van der Waals surface area (Å²) in [4.78, 5) is 36.3. The first-order chi connectivity index (χ1) is 10.4. The van der Waals surface area contributed by atoms with Gasteiger partial charge in [-0.2, -0.15) is 0 Å². The van der Waals surface area contributed by atoms with Gasteiger partial charge in [0.25, 0.3) is 5.91 Å². The van der Waals surface area contributed by atoms with Crippen LogP contribution in [0.1, 0.15) is 41.5 Å². The largest absolute Gasteiger partial charge is 0.467 e. The average Bonchev–Trinajstić information content (AvgIpc) is 2.39. The van der Waals surface area contributed by atoms with Crippen molar-refractivity contribution < 1.29 is 28.6 Å². The Labute approximate surface area is 136 Å². The van der Waals surface area contributed by atoms with E-state index in [0.717, 1.165) is 0 Å². The average molecular weight is 330 g/mol. The predicted molar refractivity (Wildman–Crippen MR) is 81.4 cm³/mol. The van der Waals surface area contributed by atoms with Gasteiger partial charge in [-0.05, 0) is 27.7 Å². The molecule has 132 valence electrons. The van der Waals surface area contributed by atoms with E-state index in [4.69, 9.17) is 9.47 Å². The number of esters is 1. The Morgan fingerprint density at radius 2 is 1.91 bits per heavy atom. The number of ether oxygens (including phenoxy) is 3. The third-order valence-corrected chi connectivity index (χ3v) is 3.42. The molecule has 8 nitrogen and oxygen atoms in total. The number of amides is 2. The summed E-state index contributed by atoms with van der Waals surface area (Å²) in [5.41, 5.74) is -2.33. The van der Waals surface area contributed by atoms with Crippen LogP contribution < -0.4 is 10.6 Å². The molecule has 23 heavy (non-hydrogen) atoms. The van der Waals surface area contributed by atoms with Gasteiger partial charge in [-0.1, -0.05) is 13.8 Å². The van der Waals surface area contributed by atoms with Crippen LogP contribution in [-0.4, -0.2) is 48.6 Å². The van der Waals surface area contributed by atoms with E-state index in [2.05, 4.69) is 15.4 Å². The minimum Gasteiger partial charge on any atom is -0.467 e. The minimum absolute atomic E-state index is 0.393. The van der Waals surface area contributed by atoms with E-state index in [1.165, 1.54) is 7.11 Å². The van der Waals surface area contributed by atoms with E-state index in [-0.39, 0.29) is 0 Å². The second kappa shape index (κ2) is 6.74. The summed E-state index contributed by atoms with van der Waals surface area (Å²) in [6.07, 6.45) is -1.46. The standard InChI is InChI=1S/C15H26N2O6/c1-8(2)15(17-13(20)23-14(4,5)6)12(19)16-10(9(3)22-15)11(18)21-7/h8-10H,1-7H3,(H,16,19)(H,17,20)/t9-,10+,15-/m1/s1. The number of rotatable bonds is 3. The van der Waals surface area contributed by atoms with Gasteiger partial charge in [0.15, 0.2) is 6.04 Å². The summed E-state index contributed by atoms with van der Waals surface area (Å²) in [6.45, 7) is 10.2. The third-order valence-electron chi connectivity index (χ3n) is 3.42. The zero-order valence-electron chi connectivity index (χ0n) is 14.7. The first-order valence-corrected chi connectivity index (χ1v) is 7.50. The molecule has 2 N–H and O–H groups in total. The van der Waals surface area contributed by atoms with Gasteiger partial charge in [-0.3, -0.25) is 10.1 Å². The maximum atomic E-state index is 12.5. The normalized spacial score (nSPS) is 28.1. The molecule has 1 aliphatic rings. The van der Waals surface area contributed by atoms with Gasteiger partial charge in [-0.15, -0.1) is 0 Å². The Hall–Kier alpha value is -1.83.